The maximum atomic E-state index is 13.1. The van der Waals surface area contributed by atoms with Gasteiger partial charge in [0.25, 0.3) is 0 Å². The maximum absolute atomic E-state index is 13.1. The molecule has 2 rings (SSSR count). The van der Waals surface area contributed by atoms with Crippen LogP contribution in [0.15, 0.2) is 23.2 Å². The van der Waals surface area contributed by atoms with E-state index < -0.39 is 33.9 Å². The summed E-state index contributed by atoms with van der Waals surface area (Å²) in [5.41, 5.74) is 11.9. The molecule has 2 atom stereocenters. The van der Waals surface area contributed by atoms with E-state index in [2.05, 4.69) is 15.0 Å². The number of nitrogens with zero attached hydrogens (tertiary/aromatic N) is 2. The molecule has 1 aromatic carbocycles. The minimum atomic E-state index is -3.85. The van der Waals surface area contributed by atoms with Gasteiger partial charge < -0.3 is 31.2 Å². The number of sulfonamides is 1. The highest BCUT2D eigenvalue weighted by molar-refractivity contribution is 7.88. The van der Waals surface area contributed by atoms with Crippen LogP contribution in [0.4, 0.5) is 0 Å². The van der Waals surface area contributed by atoms with E-state index in [1.54, 1.807) is 25.1 Å². The highest BCUT2D eigenvalue weighted by Gasteiger charge is 2.31. The van der Waals surface area contributed by atoms with E-state index in [0.29, 0.717) is 62.8 Å². The number of carbonyl (C=O) groups is 3. The number of ether oxygens (including phenoxy) is 1. The lowest BCUT2D eigenvalue weighted by Crippen LogP contribution is -2.51. The van der Waals surface area contributed by atoms with Gasteiger partial charge in [0, 0.05) is 13.1 Å². The summed E-state index contributed by atoms with van der Waals surface area (Å²) in [4.78, 5) is 42.1. The van der Waals surface area contributed by atoms with Crippen molar-refractivity contribution in [2.75, 3.05) is 26.7 Å². The van der Waals surface area contributed by atoms with Gasteiger partial charge in [-0.05, 0) is 62.3 Å². The van der Waals surface area contributed by atoms with Crippen LogP contribution in [0, 0.1) is 6.92 Å². The van der Waals surface area contributed by atoms with Crippen LogP contribution in [0.2, 0.25) is 0 Å². The molecular formula is C23H36N6O6S. The number of nitrogens with one attached hydrogen (secondary N) is 2. The molecule has 1 heterocycles. The summed E-state index contributed by atoms with van der Waals surface area (Å²) < 4.78 is 33.5. The molecule has 2 amide bonds. The molecule has 13 heteroatoms. The number of rotatable bonds is 13. The molecule has 1 aliphatic heterocycles. The zero-order chi connectivity index (χ0) is 26.7. The third-order valence-electron chi connectivity index (χ3n) is 5.82. The van der Waals surface area contributed by atoms with Crippen molar-refractivity contribution < 1.29 is 27.5 Å². The van der Waals surface area contributed by atoms with E-state index in [-0.39, 0.29) is 18.3 Å². The summed E-state index contributed by atoms with van der Waals surface area (Å²) in [6, 6.07) is 3.46. The first-order valence-electron chi connectivity index (χ1n) is 11.8. The molecule has 6 N–H and O–H groups in total. The van der Waals surface area contributed by atoms with E-state index in [4.69, 9.17) is 16.2 Å². The molecule has 0 spiro atoms. The van der Waals surface area contributed by atoms with Crippen LogP contribution in [-0.2, 0) is 30.2 Å². The quantitative estimate of drug-likeness (QED) is 0.115. The van der Waals surface area contributed by atoms with Gasteiger partial charge in [0.05, 0.1) is 25.4 Å². The largest absolute Gasteiger partial charge is 0.497 e. The number of aryl methyl sites for hydroxylation is 1. The monoisotopic (exact) mass is 524 g/mol. The minimum absolute atomic E-state index is 0.0508. The van der Waals surface area contributed by atoms with Gasteiger partial charge in [-0.1, -0.05) is 6.07 Å². The summed E-state index contributed by atoms with van der Waals surface area (Å²) in [6.07, 6.45) is 3.02. The van der Waals surface area contributed by atoms with E-state index in [9.17, 15) is 22.8 Å². The Kier molecular flexibility index (Phi) is 11.1. The van der Waals surface area contributed by atoms with Gasteiger partial charge in [-0.2, -0.15) is 0 Å². The molecule has 0 bridgehead atoms. The number of methoxy groups -OCH3 is 1. The van der Waals surface area contributed by atoms with Crippen molar-refractivity contribution in [2.24, 2.45) is 16.5 Å². The zero-order valence-corrected chi connectivity index (χ0v) is 21.6. The van der Waals surface area contributed by atoms with Gasteiger partial charge in [-0.25, -0.2) is 13.1 Å². The Labute approximate surface area is 211 Å². The van der Waals surface area contributed by atoms with Crippen LogP contribution in [0.5, 0.6) is 5.75 Å². The van der Waals surface area contributed by atoms with Gasteiger partial charge in [0.2, 0.25) is 21.8 Å². The maximum Gasteiger partial charge on any atom is 0.241 e. The molecule has 36 heavy (non-hydrogen) atoms. The van der Waals surface area contributed by atoms with E-state index in [1.807, 2.05) is 0 Å². The molecule has 1 aromatic rings. The number of nitrogens with two attached hydrogens (primary N) is 2. The lowest BCUT2D eigenvalue weighted by molar-refractivity contribution is -0.137. The highest BCUT2D eigenvalue weighted by atomic mass is 32.2. The number of aldehydes is 1. The zero-order valence-electron chi connectivity index (χ0n) is 20.7. The number of hydrogen-bond donors (Lipinski definition) is 4. The molecule has 0 radical (unpaired) electrons. The van der Waals surface area contributed by atoms with Crippen LogP contribution in [0.3, 0.4) is 0 Å². The van der Waals surface area contributed by atoms with Gasteiger partial charge >= 0.3 is 0 Å². The second-order valence-electron chi connectivity index (χ2n) is 8.74. The molecule has 200 valence electrons. The average Bonchev–Trinajstić information content (AvgIpc) is 2.98. The predicted molar refractivity (Wildman–Crippen MR) is 136 cm³/mol. The number of guanidine groups is 1. The van der Waals surface area contributed by atoms with Gasteiger partial charge in [-0.3, -0.25) is 14.6 Å². The summed E-state index contributed by atoms with van der Waals surface area (Å²) in [5.74, 6) is -0.786. The first-order valence-corrected chi connectivity index (χ1v) is 13.4. The summed E-state index contributed by atoms with van der Waals surface area (Å²) in [5, 5.41) is 2.59. The second-order valence-corrected chi connectivity index (χ2v) is 10.5. The number of likely N-dealkylation sites (tertiary alicyclic amines) is 1. The van der Waals surface area contributed by atoms with Gasteiger partial charge in [0.15, 0.2) is 5.96 Å². The average molecular weight is 525 g/mol. The molecule has 1 aliphatic rings. The highest BCUT2D eigenvalue weighted by Crippen LogP contribution is 2.20. The van der Waals surface area contributed by atoms with Crippen molar-refractivity contribution in [1.29, 1.82) is 0 Å². The lowest BCUT2D eigenvalue weighted by Gasteiger charge is -2.25. The van der Waals surface area contributed by atoms with Gasteiger partial charge in [0.1, 0.15) is 18.1 Å². The third kappa shape index (κ3) is 9.46. The Hall–Kier alpha value is -3.19. The van der Waals surface area contributed by atoms with Gasteiger partial charge in [-0.15, -0.1) is 0 Å². The number of carbonyl (C=O) groups excluding carboxylic acids is 3. The van der Waals surface area contributed by atoms with Crippen LogP contribution in [-0.4, -0.2) is 76.2 Å². The van der Waals surface area contributed by atoms with Crippen LogP contribution < -0.4 is 26.2 Å². The topological polar surface area (TPSA) is 186 Å². The molecule has 0 unspecified atom stereocenters. The molecular weight excluding hydrogens is 488 g/mol. The summed E-state index contributed by atoms with van der Waals surface area (Å²) >= 11 is 0. The Morgan fingerprint density at radius 1 is 1.33 bits per heavy atom. The predicted octanol–water partition coefficient (Wildman–Crippen LogP) is -0.459. The van der Waals surface area contributed by atoms with Crippen molar-refractivity contribution in [2.45, 2.75) is 56.9 Å². The lowest BCUT2D eigenvalue weighted by atomic mass is 10.1. The molecule has 1 fully saturated rings. The Morgan fingerprint density at radius 2 is 2.08 bits per heavy atom. The molecule has 0 saturated carbocycles. The van der Waals surface area contributed by atoms with Crippen molar-refractivity contribution >= 4 is 34.1 Å². The Morgan fingerprint density at radius 3 is 2.75 bits per heavy atom. The Bertz CT molecular complexity index is 1060. The molecule has 0 aromatic heterocycles. The third-order valence-corrected chi connectivity index (χ3v) is 7.15. The van der Waals surface area contributed by atoms with Crippen LogP contribution >= 0.6 is 0 Å². The Balaban J connectivity index is 1.99. The summed E-state index contributed by atoms with van der Waals surface area (Å²) in [7, 11) is -2.35. The molecule has 0 aliphatic carbocycles. The first-order chi connectivity index (χ1) is 17.0. The SMILES string of the molecule is COc1ccc(C)c(CS(=O)(=O)N[C@H]2CCCCN(CC(=O)N[C@H](C=O)CCCN=C(N)N)C2=O)c1. The van der Waals surface area contributed by atoms with Crippen molar-refractivity contribution in [1.82, 2.24) is 14.9 Å². The van der Waals surface area contributed by atoms with Crippen molar-refractivity contribution in [3.63, 3.8) is 0 Å². The standard InChI is InChI=1S/C23H36N6O6S/c1-16-8-9-19(35-2)12-17(16)15-36(33,34)28-20-7-3-4-11-29(22(20)32)13-21(31)27-18(14-30)6-5-10-26-23(24)25/h8-9,12,14,18,20,28H,3-7,10-11,13,15H2,1-2H3,(H,27,31)(H4,24,25,26)/t18-,20-/m0/s1. The van der Waals surface area contributed by atoms with Crippen LogP contribution in [0.25, 0.3) is 0 Å². The van der Waals surface area contributed by atoms with E-state index in [0.717, 1.165) is 5.56 Å². The number of amides is 2. The fraction of sp³-hybridized carbons (Fsp3) is 0.565. The van der Waals surface area contributed by atoms with E-state index >= 15 is 0 Å². The smallest absolute Gasteiger partial charge is 0.241 e. The molecule has 12 nitrogen and oxygen atoms in total. The fourth-order valence-electron chi connectivity index (χ4n) is 3.88. The fourth-order valence-corrected chi connectivity index (χ4v) is 5.34. The van der Waals surface area contributed by atoms with Crippen LogP contribution in [0.1, 0.15) is 43.2 Å². The minimum Gasteiger partial charge on any atom is -0.497 e. The summed E-state index contributed by atoms with van der Waals surface area (Å²) in [6.45, 7) is 2.17. The van der Waals surface area contributed by atoms with Crippen molar-refractivity contribution in [3.05, 3.63) is 29.3 Å². The number of aliphatic imine (C=N–C) groups is 1. The van der Waals surface area contributed by atoms with E-state index in [1.165, 1.54) is 12.0 Å². The molecule has 1 saturated heterocycles. The first kappa shape index (κ1) is 29.0. The number of hydrogen-bond acceptors (Lipinski definition) is 7. The normalized spacial score (nSPS) is 17.1. The number of benzene rings is 1. The second kappa shape index (κ2) is 13.8. The van der Waals surface area contributed by atoms with Crippen molar-refractivity contribution in [3.8, 4) is 5.75 Å².